The third kappa shape index (κ3) is 8.93. The van der Waals surface area contributed by atoms with E-state index in [2.05, 4.69) is 158 Å². The van der Waals surface area contributed by atoms with Crippen LogP contribution >= 0.6 is 7.26 Å². The lowest BCUT2D eigenvalue weighted by Gasteiger charge is -2.44. The van der Waals surface area contributed by atoms with Crippen LogP contribution in [0.4, 0.5) is 87.8 Å². The van der Waals surface area contributed by atoms with Crippen molar-refractivity contribution in [2.45, 2.75) is 6.16 Å². The third-order valence-corrected chi connectivity index (χ3v) is 18.9. The molecule has 0 amide bonds. The first-order valence-corrected chi connectivity index (χ1v) is 26.1. The summed E-state index contributed by atoms with van der Waals surface area (Å²) < 4.78 is 294. The van der Waals surface area contributed by atoms with E-state index in [1.165, 1.54) is 53.8 Å². The highest BCUT2D eigenvalue weighted by atomic mass is 31.2. The van der Waals surface area contributed by atoms with Gasteiger partial charge in [0.25, 0.3) is 0 Å². The Bertz CT molecular complexity index is 3930. The van der Waals surface area contributed by atoms with Gasteiger partial charge in [-0.2, -0.15) is 0 Å². The van der Waals surface area contributed by atoms with Gasteiger partial charge in [0.2, 0.25) is 0 Å². The van der Waals surface area contributed by atoms with E-state index in [1.807, 2.05) is 0 Å². The molecule has 0 unspecified atom stereocenters. The first-order valence-electron chi connectivity index (χ1n) is 24.1. The summed E-state index contributed by atoms with van der Waals surface area (Å²) in [5, 5.41) is 12.1. The second-order valence-electron chi connectivity index (χ2n) is 18.8. The molecule has 0 saturated carbocycles. The Hall–Kier alpha value is -8.71. The van der Waals surface area contributed by atoms with Crippen molar-refractivity contribution in [2.75, 3.05) is 0 Å². The first kappa shape index (κ1) is 57.5. The minimum Gasteiger partial charge on any atom is -0.207 e. The average Bonchev–Trinajstić information content (AvgIpc) is 0.893. The molecule has 0 N–H and O–H groups in total. The summed E-state index contributed by atoms with van der Waals surface area (Å²) in [6.07, 6.45) is -6.26. The highest BCUT2D eigenvalue weighted by molar-refractivity contribution is 7.95. The quantitative estimate of drug-likeness (QED) is 0.0337. The predicted octanol–water partition coefficient (Wildman–Crippen LogP) is 14.5. The zero-order valence-corrected chi connectivity index (χ0v) is 42.2. The van der Waals surface area contributed by atoms with Gasteiger partial charge in [0.1, 0.15) is 75.9 Å². The maximum Gasteiger partial charge on any atom is 0.200 e. The molecule has 83 heavy (non-hydrogen) atoms. The van der Waals surface area contributed by atoms with E-state index >= 15 is 35.1 Å². The Morgan fingerprint density at radius 2 is 0.470 bits per heavy atom. The molecule has 0 nitrogen and oxygen atoms in total. The topological polar surface area (TPSA) is 0 Å². The standard InChI is InChI=1S/C37H28P.C24BF20/c1-4-17-32(18-5-1)38(33-19-6-2-7-20-33,34-21-8-3-9-22-34)27-37-35-23-13-12-16-30(35)25-31-24-28-14-10-11-15-29(28)26-36(31)37;26-5-1(6(27)14(35)21(42)13(5)34)25(2-7(28)15(36)22(43)16(37)8(2)29,3-9(30)17(38)23(44)18(39)10(3)31)4-11(32)19(40)24(45)20(41)12(4)33/h1-26H,27H2;/q+1;-1. The van der Waals surface area contributed by atoms with Crippen LogP contribution in [0.2, 0.25) is 0 Å². The molecule has 420 valence electrons. The van der Waals surface area contributed by atoms with Crippen molar-refractivity contribution in [1.29, 1.82) is 0 Å². The van der Waals surface area contributed by atoms with Crippen LogP contribution in [-0.2, 0) is 6.16 Å². The summed E-state index contributed by atoms with van der Waals surface area (Å²) in [5.74, 6) is -71.4. The number of hydrogen-bond acceptors (Lipinski definition) is 0. The minimum absolute atomic E-state index is 0.960. The van der Waals surface area contributed by atoms with Crippen LogP contribution in [-0.4, -0.2) is 6.15 Å². The molecule has 0 aliphatic rings. The molecule has 0 heterocycles. The largest absolute Gasteiger partial charge is 0.207 e. The molecule has 0 fully saturated rings. The van der Waals surface area contributed by atoms with Gasteiger partial charge >= 0.3 is 0 Å². The van der Waals surface area contributed by atoms with Crippen LogP contribution in [0.25, 0.3) is 32.3 Å². The van der Waals surface area contributed by atoms with Crippen LogP contribution in [0.3, 0.4) is 0 Å². The summed E-state index contributed by atoms with van der Waals surface area (Å²) in [6, 6.07) is 58.5. The van der Waals surface area contributed by atoms with Crippen LogP contribution < -0.4 is 37.8 Å². The van der Waals surface area contributed by atoms with Crippen LogP contribution in [0.1, 0.15) is 5.56 Å². The Kier molecular flexibility index (Phi) is 15.2. The van der Waals surface area contributed by atoms with E-state index in [-0.39, 0.29) is 0 Å². The Labute approximate surface area is 455 Å². The SMILES string of the molecule is Fc1c(F)c(F)c([B-](c2c(F)c(F)c(F)c(F)c2F)(c2c(F)c(F)c(F)c(F)c2F)c2c(F)c(F)c(F)c(F)c2F)c(F)c1F.c1ccc([P+](Cc2c3ccccc3cc3cc4ccccc4cc23)(c2ccccc2)c2ccccc2)cc1. The van der Waals surface area contributed by atoms with E-state index < -0.39 is 152 Å². The maximum absolute atomic E-state index is 15.4. The highest BCUT2D eigenvalue weighted by Gasteiger charge is 2.53. The van der Waals surface area contributed by atoms with Crippen molar-refractivity contribution >= 4 is 83.5 Å². The average molecular weight is 1180 g/mol. The molecule has 0 aliphatic carbocycles. The van der Waals surface area contributed by atoms with Gasteiger partial charge < -0.3 is 0 Å². The maximum atomic E-state index is 15.4. The summed E-state index contributed by atoms with van der Waals surface area (Å²) in [4.78, 5) is 0. The molecular weight excluding hydrogens is 1150 g/mol. The number of halogens is 20. The number of hydrogen-bond donors (Lipinski definition) is 0. The van der Waals surface area contributed by atoms with E-state index in [4.69, 9.17) is 0 Å². The smallest absolute Gasteiger partial charge is 0.200 e. The first-order chi connectivity index (χ1) is 39.5. The minimum atomic E-state index is -7.22. The molecule has 0 saturated heterocycles. The van der Waals surface area contributed by atoms with E-state index in [0.29, 0.717) is 0 Å². The van der Waals surface area contributed by atoms with Gasteiger partial charge in [-0.25, -0.2) is 87.8 Å². The second kappa shape index (κ2) is 21.9. The molecule has 11 aromatic rings. The van der Waals surface area contributed by atoms with Crippen LogP contribution in [0.15, 0.2) is 158 Å². The van der Waals surface area contributed by atoms with Gasteiger partial charge in [0.05, 0.1) is 6.16 Å². The van der Waals surface area contributed by atoms with Crippen molar-refractivity contribution in [3.8, 4) is 0 Å². The molecule has 0 spiro atoms. The van der Waals surface area contributed by atoms with E-state index in [9.17, 15) is 52.7 Å². The number of benzene rings is 11. The Balaban J connectivity index is 0.000000187. The molecule has 0 aromatic heterocycles. The lowest BCUT2D eigenvalue weighted by atomic mass is 9.12. The van der Waals surface area contributed by atoms with Gasteiger partial charge in [-0.05, 0) is 86.9 Å². The zero-order chi connectivity index (χ0) is 59.7. The predicted molar refractivity (Wildman–Crippen MR) is 277 cm³/mol. The van der Waals surface area contributed by atoms with E-state index in [1.54, 1.807) is 0 Å². The monoisotopic (exact) mass is 1180 g/mol. The van der Waals surface area contributed by atoms with Crippen molar-refractivity contribution in [2.24, 2.45) is 0 Å². The van der Waals surface area contributed by atoms with Crippen molar-refractivity contribution in [1.82, 2.24) is 0 Å². The fourth-order valence-corrected chi connectivity index (χ4v) is 15.2. The fourth-order valence-electron chi connectivity index (χ4n) is 10.9. The van der Waals surface area contributed by atoms with Gasteiger partial charge in [-0.3, -0.25) is 0 Å². The third-order valence-electron chi connectivity index (χ3n) is 14.5. The van der Waals surface area contributed by atoms with Crippen LogP contribution in [0.5, 0.6) is 0 Å². The molecule has 0 bridgehead atoms. The Morgan fingerprint density at radius 3 is 0.783 bits per heavy atom. The molecule has 0 atom stereocenters. The van der Waals surface area contributed by atoms with Crippen molar-refractivity contribution < 1.29 is 87.8 Å². The van der Waals surface area contributed by atoms with E-state index in [0.717, 1.165) is 6.16 Å². The fraction of sp³-hybridized carbons (Fsp3) is 0.0164. The second-order valence-corrected chi connectivity index (χ2v) is 22.3. The van der Waals surface area contributed by atoms with Crippen molar-refractivity contribution in [3.63, 3.8) is 0 Å². The Morgan fingerprint density at radius 1 is 0.229 bits per heavy atom. The van der Waals surface area contributed by atoms with Crippen LogP contribution in [0, 0.1) is 116 Å². The van der Waals surface area contributed by atoms with Gasteiger partial charge in [0, 0.05) is 5.56 Å². The summed E-state index contributed by atoms with van der Waals surface area (Å²) >= 11 is 0. The lowest BCUT2D eigenvalue weighted by molar-refractivity contribution is 0.378. The molecule has 11 rings (SSSR count). The van der Waals surface area contributed by atoms with Gasteiger partial charge in [-0.15, -0.1) is 21.9 Å². The summed E-state index contributed by atoms with van der Waals surface area (Å²) in [5.41, 5.74) is -12.9. The molecule has 22 heteroatoms. The molecule has 0 radical (unpaired) electrons. The molecule has 11 aromatic carbocycles. The lowest BCUT2D eigenvalue weighted by Crippen LogP contribution is -2.81. The van der Waals surface area contributed by atoms with Gasteiger partial charge in [0.15, 0.2) is 69.8 Å². The zero-order valence-electron chi connectivity index (χ0n) is 41.3. The van der Waals surface area contributed by atoms with Gasteiger partial charge in [-0.1, -0.05) is 103 Å². The molecular formula is C61H28BF20P. The highest BCUT2D eigenvalue weighted by Crippen LogP contribution is 2.59. The normalized spacial score (nSPS) is 11.9. The summed E-state index contributed by atoms with van der Waals surface area (Å²) in [6.45, 7) is 0. The number of fused-ring (bicyclic) bond motifs is 3. The van der Waals surface area contributed by atoms with Crippen molar-refractivity contribution in [3.05, 3.63) is 280 Å². The summed E-state index contributed by atoms with van der Waals surface area (Å²) in [7, 11) is -2.04. The number of rotatable bonds is 9. The molecule has 0 aliphatic heterocycles.